The number of allylic oxidation sites excluding steroid dienone is 1. The molecule has 0 aliphatic rings. The van der Waals surface area contributed by atoms with Gasteiger partial charge in [-0.05, 0) is 32.8 Å². The molecule has 2 unspecified atom stereocenters. The summed E-state index contributed by atoms with van der Waals surface area (Å²) < 4.78 is 4.89. The van der Waals surface area contributed by atoms with Crippen LogP contribution in [0.15, 0.2) is 23.3 Å². The largest absolute Gasteiger partial charge is 0.463 e. The highest BCUT2D eigenvalue weighted by Gasteiger charge is 2.15. The first kappa shape index (κ1) is 15.9. The molecular weight excluding hydrogens is 216 g/mol. The van der Waals surface area contributed by atoms with Crippen molar-refractivity contribution >= 4 is 5.97 Å². The van der Waals surface area contributed by atoms with E-state index >= 15 is 0 Å². The zero-order chi connectivity index (χ0) is 13.4. The third-order valence-electron chi connectivity index (χ3n) is 2.60. The van der Waals surface area contributed by atoms with Crippen LogP contribution in [0.5, 0.6) is 0 Å². The number of carbonyl (C=O) groups is 1. The first-order valence-corrected chi connectivity index (χ1v) is 6.14. The lowest BCUT2D eigenvalue weighted by atomic mass is 9.95. The van der Waals surface area contributed by atoms with Crippen LogP contribution in [0.1, 0.15) is 41.0 Å². The molecule has 2 atom stereocenters. The van der Waals surface area contributed by atoms with E-state index in [1.807, 2.05) is 26.8 Å². The van der Waals surface area contributed by atoms with Gasteiger partial charge in [0.25, 0.3) is 0 Å². The number of rotatable bonds is 6. The normalized spacial score (nSPS) is 16.6. The van der Waals surface area contributed by atoms with Crippen LogP contribution in [0.2, 0.25) is 0 Å². The van der Waals surface area contributed by atoms with E-state index in [0.717, 1.165) is 12.0 Å². The number of aliphatic hydroxyl groups excluding tert-OH is 1. The molecule has 0 rings (SSSR count). The van der Waals surface area contributed by atoms with Crippen LogP contribution in [-0.4, -0.2) is 23.8 Å². The Morgan fingerprint density at radius 2 is 1.94 bits per heavy atom. The van der Waals surface area contributed by atoms with Crippen LogP contribution >= 0.6 is 0 Å². The van der Waals surface area contributed by atoms with Gasteiger partial charge in [-0.2, -0.15) is 0 Å². The minimum absolute atomic E-state index is 0.0952. The Hall–Kier alpha value is -1.09. The van der Waals surface area contributed by atoms with Gasteiger partial charge in [-0.1, -0.05) is 26.0 Å². The minimum Gasteiger partial charge on any atom is -0.463 e. The zero-order valence-corrected chi connectivity index (χ0v) is 11.5. The lowest BCUT2D eigenvalue weighted by Gasteiger charge is -2.17. The Labute approximate surface area is 104 Å². The van der Waals surface area contributed by atoms with Crippen LogP contribution in [-0.2, 0) is 9.53 Å². The standard InChI is InChI=1S/C14H24O3/c1-6-8-10(3)13(15)11(4)9-12(5)14(16)17-7-2/h8-9,11,13,15H,6-7H2,1-5H3/b10-8+,12-9+. The van der Waals surface area contributed by atoms with E-state index in [2.05, 4.69) is 0 Å². The molecule has 98 valence electrons. The molecule has 0 aromatic carbocycles. The van der Waals surface area contributed by atoms with Gasteiger partial charge < -0.3 is 9.84 Å². The summed E-state index contributed by atoms with van der Waals surface area (Å²) in [5.41, 5.74) is 1.48. The molecule has 0 aliphatic heterocycles. The van der Waals surface area contributed by atoms with Crippen LogP contribution in [0.3, 0.4) is 0 Å². The molecule has 0 fully saturated rings. The molecule has 3 nitrogen and oxygen atoms in total. The van der Waals surface area contributed by atoms with Gasteiger partial charge in [0.15, 0.2) is 0 Å². The van der Waals surface area contributed by atoms with E-state index in [1.54, 1.807) is 19.9 Å². The highest BCUT2D eigenvalue weighted by molar-refractivity contribution is 5.87. The van der Waals surface area contributed by atoms with Gasteiger partial charge in [0.1, 0.15) is 0 Å². The average molecular weight is 240 g/mol. The fraction of sp³-hybridized carbons (Fsp3) is 0.643. The Kier molecular flexibility index (Phi) is 7.55. The van der Waals surface area contributed by atoms with E-state index in [9.17, 15) is 9.90 Å². The Morgan fingerprint density at radius 3 is 2.41 bits per heavy atom. The number of hydrogen-bond donors (Lipinski definition) is 1. The summed E-state index contributed by atoms with van der Waals surface area (Å²) in [7, 11) is 0. The molecule has 0 heterocycles. The predicted octanol–water partition coefficient (Wildman–Crippen LogP) is 2.85. The second-order valence-electron chi connectivity index (χ2n) is 4.23. The molecule has 0 bridgehead atoms. The molecule has 0 spiro atoms. The number of hydrogen-bond acceptors (Lipinski definition) is 3. The van der Waals surface area contributed by atoms with E-state index in [1.165, 1.54) is 0 Å². The molecule has 3 heteroatoms. The first-order valence-electron chi connectivity index (χ1n) is 6.14. The molecule has 0 saturated heterocycles. The third kappa shape index (κ3) is 5.68. The molecule has 0 saturated carbocycles. The van der Waals surface area contributed by atoms with Crippen LogP contribution in [0.25, 0.3) is 0 Å². The fourth-order valence-corrected chi connectivity index (χ4v) is 1.66. The summed E-state index contributed by atoms with van der Waals surface area (Å²) >= 11 is 0. The number of esters is 1. The Bertz CT molecular complexity index is 303. The maximum Gasteiger partial charge on any atom is 0.333 e. The monoisotopic (exact) mass is 240 g/mol. The summed E-state index contributed by atoms with van der Waals surface area (Å²) in [6.07, 6.45) is 4.11. The number of ether oxygens (including phenoxy) is 1. The lowest BCUT2D eigenvalue weighted by molar-refractivity contribution is -0.138. The van der Waals surface area contributed by atoms with E-state index < -0.39 is 6.10 Å². The molecular formula is C14H24O3. The van der Waals surface area contributed by atoms with Gasteiger partial charge in [-0.3, -0.25) is 0 Å². The van der Waals surface area contributed by atoms with Gasteiger partial charge in [-0.25, -0.2) is 4.79 Å². The predicted molar refractivity (Wildman–Crippen MR) is 69.6 cm³/mol. The van der Waals surface area contributed by atoms with E-state index in [0.29, 0.717) is 12.2 Å². The molecule has 17 heavy (non-hydrogen) atoms. The lowest BCUT2D eigenvalue weighted by Crippen LogP contribution is -2.18. The Morgan fingerprint density at radius 1 is 1.35 bits per heavy atom. The summed E-state index contributed by atoms with van der Waals surface area (Å²) in [5, 5.41) is 10.0. The van der Waals surface area contributed by atoms with Crippen molar-refractivity contribution in [2.45, 2.75) is 47.1 Å². The first-order chi connectivity index (χ1) is 7.93. The second-order valence-corrected chi connectivity index (χ2v) is 4.23. The van der Waals surface area contributed by atoms with Gasteiger partial charge >= 0.3 is 5.97 Å². The molecule has 1 N–H and O–H groups in total. The SMILES string of the molecule is CC/C=C(\C)C(O)C(C)/C=C(\C)C(=O)OCC. The maximum atomic E-state index is 11.4. The molecule has 0 amide bonds. The maximum absolute atomic E-state index is 11.4. The topological polar surface area (TPSA) is 46.5 Å². The zero-order valence-electron chi connectivity index (χ0n) is 11.5. The summed E-state index contributed by atoms with van der Waals surface area (Å²) in [4.78, 5) is 11.4. The van der Waals surface area contributed by atoms with Crippen LogP contribution in [0.4, 0.5) is 0 Å². The average Bonchev–Trinajstić information content (AvgIpc) is 2.28. The van der Waals surface area contributed by atoms with Crippen molar-refractivity contribution in [3.8, 4) is 0 Å². The smallest absolute Gasteiger partial charge is 0.333 e. The van der Waals surface area contributed by atoms with Crippen molar-refractivity contribution in [2.24, 2.45) is 5.92 Å². The van der Waals surface area contributed by atoms with Gasteiger partial charge in [-0.15, -0.1) is 0 Å². The second kappa shape index (κ2) is 8.07. The van der Waals surface area contributed by atoms with Crippen LogP contribution < -0.4 is 0 Å². The van der Waals surface area contributed by atoms with E-state index in [4.69, 9.17) is 4.74 Å². The Balaban J connectivity index is 4.61. The highest BCUT2D eigenvalue weighted by Crippen LogP contribution is 2.16. The van der Waals surface area contributed by atoms with Crippen LogP contribution in [0, 0.1) is 5.92 Å². The highest BCUT2D eigenvalue weighted by atomic mass is 16.5. The number of carbonyl (C=O) groups excluding carboxylic acids is 1. The van der Waals surface area contributed by atoms with Crippen molar-refractivity contribution < 1.29 is 14.6 Å². The fourth-order valence-electron chi connectivity index (χ4n) is 1.66. The number of aliphatic hydroxyl groups is 1. The summed E-state index contributed by atoms with van der Waals surface area (Å²) in [6.45, 7) is 9.67. The van der Waals surface area contributed by atoms with E-state index in [-0.39, 0.29) is 11.9 Å². The molecule has 0 radical (unpaired) electrons. The molecule has 0 aliphatic carbocycles. The van der Waals surface area contributed by atoms with Gasteiger partial charge in [0.2, 0.25) is 0 Å². The summed E-state index contributed by atoms with van der Waals surface area (Å²) in [5.74, 6) is -0.411. The minimum atomic E-state index is -0.542. The van der Waals surface area contributed by atoms with Gasteiger partial charge in [0, 0.05) is 11.5 Å². The van der Waals surface area contributed by atoms with Crippen molar-refractivity contribution in [3.63, 3.8) is 0 Å². The quantitative estimate of drug-likeness (QED) is 0.441. The third-order valence-corrected chi connectivity index (χ3v) is 2.60. The molecule has 0 aromatic heterocycles. The van der Waals surface area contributed by atoms with Crippen molar-refractivity contribution in [1.29, 1.82) is 0 Å². The van der Waals surface area contributed by atoms with Crippen molar-refractivity contribution in [1.82, 2.24) is 0 Å². The van der Waals surface area contributed by atoms with Crippen molar-refractivity contribution in [2.75, 3.05) is 6.61 Å². The summed E-state index contributed by atoms with van der Waals surface area (Å²) in [6, 6.07) is 0. The molecule has 0 aromatic rings. The van der Waals surface area contributed by atoms with Gasteiger partial charge in [0.05, 0.1) is 12.7 Å². The van der Waals surface area contributed by atoms with Crippen molar-refractivity contribution in [3.05, 3.63) is 23.3 Å².